The second-order valence-corrected chi connectivity index (χ2v) is 6.50. The minimum Gasteiger partial charge on any atom is -0.325 e. The molecule has 1 saturated carbocycles. The zero-order valence-corrected chi connectivity index (χ0v) is 12.7. The van der Waals surface area contributed by atoms with Gasteiger partial charge < -0.3 is 5.73 Å². The fourth-order valence-corrected chi connectivity index (χ4v) is 3.29. The van der Waals surface area contributed by atoms with Crippen molar-refractivity contribution in [3.63, 3.8) is 0 Å². The topological polar surface area (TPSA) is 26.0 Å². The molecule has 0 heterocycles. The Kier molecular flexibility index (Phi) is 8.75. The van der Waals surface area contributed by atoms with Gasteiger partial charge in [-0.25, -0.2) is 0 Å². The van der Waals surface area contributed by atoms with Crippen molar-refractivity contribution in [1.82, 2.24) is 0 Å². The van der Waals surface area contributed by atoms with Crippen LogP contribution < -0.4 is 5.73 Å². The lowest BCUT2D eigenvalue weighted by molar-refractivity contribution is 0.288. The van der Waals surface area contributed by atoms with Crippen LogP contribution in [0.15, 0.2) is 0 Å². The fraction of sp³-hybridized carbons (Fsp3) is 1.00. The van der Waals surface area contributed by atoms with Crippen molar-refractivity contribution in [2.24, 2.45) is 5.73 Å². The summed E-state index contributed by atoms with van der Waals surface area (Å²) in [7, 11) is 0. The molecule has 0 bridgehead atoms. The van der Waals surface area contributed by atoms with Crippen LogP contribution in [0.25, 0.3) is 0 Å². The first-order valence-corrected chi connectivity index (χ1v) is 8.56. The molecule has 18 heavy (non-hydrogen) atoms. The highest BCUT2D eigenvalue weighted by molar-refractivity contribution is 4.85. The molecule has 0 aromatic heterocycles. The summed E-state index contributed by atoms with van der Waals surface area (Å²) in [5.74, 6) is 0. The highest BCUT2D eigenvalue weighted by atomic mass is 14.7. The van der Waals surface area contributed by atoms with Crippen molar-refractivity contribution in [1.29, 1.82) is 0 Å². The molecule has 108 valence electrons. The lowest BCUT2D eigenvalue weighted by Gasteiger charge is -2.31. The fourth-order valence-electron chi connectivity index (χ4n) is 3.29. The van der Waals surface area contributed by atoms with E-state index >= 15 is 0 Å². The monoisotopic (exact) mass is 253 g/mol. The van der Waals surface area contributed by atoms with Crippen LogP contribution in [0.3, 0.4) is 0 Å². The summed E-state index contributed by atoms with van der Waals surface area (Å²) in [5.41, 5.74) is 6.79. The van der Waals surface area contributed by atoms with E-state index in [1.807, 2.05) is 0 Å². The molecule has 0 aromatic rings. The van der Waals surface area contributed by atoms with Gasteiger partial charge in [-0.1, -0.05) is 84.0 Å². The Labute approximate surface area is 115 Å². The Balaban J connectivity index is 2.04. The van der Waals surface area contributed by atoms with Crippen LogP contribution in [0.5, 0.6) is 0 Å². The molecule has 0 spiro atoms. The van der Waals surface area contributed by atoms with Crippen LogP contribution in [0.1, 0.15) is 103 Å². The average Bonchev–Trinajstić information content (AvgIpc) is 2.34. The number of hydrogen-bond donors (Lipinski definition) is 1. The summed E-state index contributed by atoms with van der Waals surface area (Å²) in [4.78, 5) is 0. The normalized spacial score (nSPS) is 20.3. The third-order valence-corrected chi connectivity index (χ3v) is 4.63. The van der Waals surface area contributed by atoms with E-state index in [1.165, 1.54) is 96.3 Å². The molecule has 0 amide bonds. The van der Waals surface area contributed by atoms with Crippen molar-refractivity contribution in [2.45, 2.75) is 109 Å². The Morgan fingerprint density at radius 2 is 1.22 bits per heavy atom. The standard InChI is InChI=1S/C17H35N/c1-2-3-4-5-6-8-11-14-17(18)15-12-9-7-10-13-16-17/h2-16,18H2,1H3. The van der Waals surface area contributed by atoms with Crippen molar-refractivity contribution in [3.8, 4) is 0 Å². The number of hydrogen-bond acceptors (Lipinski definition) is 1. The van der Waals surface area contributed by atoms with Gasteiger partial charge in [0, 0.05) is 5.54 Å². The molecule has 1 fully saturated rings. The van der Waals surface area contributed by atoms with Gasteiger partial charge in [-0.15, -0.1) is 0 Å². The largest absolute Gasteiger partial charge is 0.325 e. The van der Waals surface area contributed by atoms with Gasteiger partial charge in [-0.2, -0.15) is 0 Å². The van der Waals surface area contributed by atoms with Crippen molar-refractivity contribution in [3.05, 3.63) is 0 Å². The molecule has 1 aliphatic rings. The molecule has 1 rings (SSSR count). The first kappa shape index (κ1) is 16.0. The zero-order chi connectivity index (χ0) is 13.1. The Bertz CT molecular complexity index is 180. The average molecular weight is 253 g/mol. The number of nitrogens with two attached hydrogens (primary N) is 1. The summed E-state index contributed by atoms with van der Waals surface area (Å²) < 4.78 is 0. The summed E-state index contributed by atoms with van der Waals surface area (Å²) in [6.07, 6.45) is 20.7. The maximum Gasteiger partial charge on any atom is 0.0154 e. The first-order valence-electron chi connectivity index (χ1n) is 8.56. The van der Waals surface area contributed by atoms with E-state index in [2.05, 4.69) is 6.92 Å². The molecule has 0 aromatic carbocycles. The third-order valence-electron chi connectivity index (χ3n) is 4.63. The predicted molar refractivity (Wildman–Crippen MR) is 81.8 cm³/mol. The molecule has 2 N–H and O–H groups in total. The van der Waals surface area contributed by atoms with Gasteiger partial charge in [-0.3, -0.25) is 0 Å². The van der Waals surface area contributed by atoms with E-state index in [4.69, 9.17) is 5.73 Å². The van der Waals surface area contributed by atoms with Gasteiger partial charge in [-0.05, 0) is 19.3 Å². The molecular weight excluding hydrogens is 218 g/mol. The third kappa shape index (κ3) is 7.41. The molecule has 1 nitrogen and oxygen atoms in total. The van der Waals surface area contributed by atoms with Crippen LogP contribution in [-0.2, 0) is 0 Å². The van der Waals surface area contributed by atoms with Crippen LogP contribution in [0.2, 0.25) is 0 Å². The summed E-state index contributed by atoms with van der Waals surface area (Å²) in [6, 6.07) is 0. The molecule has 0 atom stereocenters. The van der Waals surface area contributed by atoms with E-state index in [0.717, 1.165) is 0 Å². The molecule has 0 unspecified atom stereocenters. The van der Waals surface area contributed by atoms with Gasteiger partial charge in [0.05, 0.1) is 0 Å². The summed E-state index contributed by atoms with van der Waals surface area (Å²) in [6.45, 7) is 2.28. The number of unbranched alkanes of at least 4 members (excludes halogenated alkanes) is 6. The van der Waals surface area contributed by atoms with Gasteiger partial charge in [0.25, 0.3) is 0 Å². The van der Waals surface area contributed by atoms with E-state index in [9.17, 15) is 0 Å². The summed E-state index contributed by atoms with van der Waals surface area (Å²) in [5, 5.41) is 0. The molecule has 0 saturated heterocycles. The van der Waals surface area contributed by atoms with Crippen LogP contribution in [0.4, 0.5) is 0 Å². The lowest BCUT2D eigenvalue weighted by Crippen LogP contribution is -2.40. The maximum absolute atomic E-state index is 6.59. The minimum absolute atomic E-state index is 0.198. The molecule has 0 aliphatic heterocycles. The zero-order valence-electron chi connectivity index (χ0n) is 12.7. The Morgan fingerprint density at radius 1 is 0.722 bits per heavy atom. The van der Waals surface area contributed by atoms with Gasteiger partial charge in [0.15, 0.2) is 0 Å². The Hall–Kier alpha value is -0.0400. The van der Waals surface area contributed by atoms with E-state index in [0.29, 0.717) is 0 Å². The van der Waals surface area contributed by atoms with E-state index in [1.54, 1.807) is 0 Å². The Morgan fingerprint density at radius 3 is 1.83 bits per heavy atom. The quantitative estimate of drug-likeness (QED) is 0.562. The lowest BCUT2D eigenvalue weighted by atomic mass is 9.81. The van der Waals surface area contributed by atoms with Gasteiger partial charge >= 0.3 is 0 Å². The van der Waals surface area contributed by atoms with Gasteiger partial charge in [0.2, 0.25) is 0 Å². The van der Waals surface area contributed by atoms with Crippen molar-refractivity contribution in [2.75, 3.05) is 0 Å². The minimum atomic E-state index is 0.198. The molecule has 1 heteroatoms. The molecule has 0 radical (unpaired) electrons. The second kappa shape index (κ2) is 9.83. The van der Waals surface area contributed by atoms with Gasteiger partial charge in [0.1, 0.15) is 0 Å². The van der Waals surface area contributed by atoms with Crippen molar-refractivity contribution >= 4 is 0 Å². The van der Waals surface area contributed by atoms with Crippen LogP contribution >= 0.6 is 0 Å². The highest BCUT2D eigenvalue weighted by Crippen LogP contribution is 2.28. The van der Waals surface area contributed by atoms with Crippen LogP contribution in [0, 0.1) is 0 Å². The molecular formula is C17H35N. The molecule has 1 aliphatic carbocycles. The maximum atomic E-state index is 6.59. The summed E-state index contributed by atoms with van der Waals surface area (Å²) >= 11 is 0. The van der Waals surface area contributed by atoms with Crippen LogP contribution in [-0.4, -0.2) is 5.54 Å². The van der Waals surface area contributed by atoms with E-state index < -0.39 is 0 Å². The van der Waals surface area contributed by atoms with E-state index in [-0.39, 0.29) is 5.54 Å². The number of rotatable bonds is 8. The van der Waals surface area contributed by atoms with Crippen molar-refractivity contribution < 1.29 is 0 Å². The highest BCUT2D eigenvalue weighted by Gasteiger charge is 2.24. The smallest absolute Gasteiger partial charge is 0.0154 e. The second-order valence-electron chi connectivity index (χ2n) is 6.50. The SMILES string of the molecule is CCCCCCCCCC1(N)CCCCCCC1. The first-order chi connectivity index (χ1) is 8.77. The predicted octanol–water partition coefficient (Wildman–Crippen LogP) is 5.57.